The molecule has 0 saturated heterocycles. The van der Waals surface area contributed by atoms with Crippen molar-refractivity contribution in [1.82, 2.24) is 9.97 Å². The fraction of sp³-hybridized carbons (Fsp3) is 0.0870. The summed E-state index contributed by atoms with van der Waals surface area (Å²) < 4.78 is 0. The minimum atomic E-state index is -1.11. The van der Waals surface area contributed by atoms with Gasteiger partial charge in [0.2, 0.25) is 0 Å². The molecule has 2 aromatic heterocycles. The van der Waals surface area contributed by atoms with Crippen LogP contribution in [0.5, 0.6) is 0 Å². The molecule has 0 aliphatic rings. The molecule has 4 nitrogen and oxygen atoms in total. The molecular formula is C46H38Cl2N2O2Ti. The summed E-state index contributed by atoms with van der Waals surface area (Å²) in [5.41, 5.74) is 4.89. The van der Waals surface area contributed by atoms with Crippen molar-refractivity contribution >= 4 is 40.4 Å². The van der Waals surface area contributed by atoms with E-state index in [-0.39, 0.29) is 0 Å². The number of fused-ring (bicyclic) bond motifs is 2. The van der Waals surface area contributed by atoms with Gasteiger partial charge in [-0.15, -0.1) is 0 Å². The summed E-state index contributed by atoms with van der Waals surface area (Å²) in [4.78, 5) is 9.50. The molecule has 262 valence electrons. The van der Waals surface area contributed by atoms with E-state index in [1.807, 2.05) is 182 Å². The third-order valence-corrected chi connectivity index (χ3v) is 9.19. The summed E-state index contributed by atoms with van der Waals surface area (Å²) in [6, 6.07) is 63.4. The third-order valence-electron chi connectivity index (χ3n) is 9.19. The molecule has 0 unspecified atom stereocenters. The molecule has 0 radical (unpaired) electrons. The minimum absolute atomic E-state index is 0.422. The van der Waals surface area contributed by atoms with E-state index >= 15 is 0 Å². The molecule has 0 spiro atoms. The van der Waals surface area contributed by atoms with Crippen LogP contribution >= 0.6 is 18.6 Å². The average molecular weight is 770 g/mol. The van der Waals surface area contributed by atoms with Gasteiger partial charge >= 0.3 is 35.6 Å². The number of pyridine rings is 2. The number of aliphatic hydroxyl groups is 2. The van der Waals surface area contributed by atoms with Crippen molar-refractivity contribution in [2.24, 2.45) is 0 Å². The van der Waals surface area contributed by atoms with E-state index in [0.29, 0.717) is 12.8 Å². The number of halogens is 2. The van der Waals surface area contributed by atoms with Gasteiger partial charge in [-0.05, 0) is 46.5 Å². The Morgan fingerprint density at radius 3 is 0.943 bits per heavy atom. The summed E-state index contributed by atoms with van der Waals surface area (Å²) in [5.74, 6) is 0. The Balaban J connectivity index is 0.000000169. The molecule has 2 N–H and O–H groups in total. The number of aromatic nitrogens is 2. The SMILES string of the molecule is OC(Cc1ccc2ccccc2n1)(c1ccccc1)c1ccccc1.OC(Cc1ccc2ccccc2n1)(c1ccccc1)c1ccccc1.[Cl][Ti][Cl]. The van der Waals surface area contributed by atoms with Crippen LogP contribution in [0.2, 0.25) is 0 Å². The number of hydrogen-bond acceptors (Lipinski definition) is 4. The van der Waals surface area contributed by atoms with E-state index in [9.17, 15) is 10.2 Å². The number of hydrogen-bond donors (Lipinski definition) is 2. The number of rotatable bonds is 8. The summed E-state index contributed by atoms with van der Waals surface area (Å²) in [6.07, 6.45) is 0.845. The molecule has 0 atom stereocenters. The van der Waals surface area contributed by atoms with Gasteiger partial charge in [0, 0.05) is 35.0 Å². The van der Waals surface area contributed by atoms with E-state index in [1.54, 1.807) is 0 Å². The maximum atomic E-state index is 11.6. The molecule has 0 aliphatic heterocycles. The Kier molecular flexibility index (Phi) is 13.2. The molecule has 6 aromatic carbocycles. The van der Waals surface area contributed by atoms with Crippen LogP contribution in [0.1, 0.15) is 33.6 Å². The van der Waals surface area contributed by atoms with Crippen molar-refractivity contribution in [1.29, 1.82) is 0 Å². The molecule has 0 saturated carbocycles. The predicted octanol–water partition coefficient (Wildman–Crippen LogP) is 10.8. The summed E-state index contributed by atoms with van der Waals surface area (Å²) in [5, 5.41) is 25.5. The van der Waals surface area contributed by atoms with E-state index in [4.69, 9.17) is 28.6 Å². The monoisotopic (exact) mass is 768 g/mol. The van der Waals surface area contributed by atoms with E-state index < -0.39 is 28.2 Å². The fourth-order valence-corrected chi connectivity index (χ4v) is 6.53. The van der Waals surface area contributed by atoms with Crippen LogP contribution in [0.25, 0.3) is 21.8 Å². The van der Waals surface area contributed by atoms with E-state index in [0.717, 1.165) is 55.4 Å². The van der Waals surface area contributed by atoms with Gasteiger partial charge in [0.15, 0.2) is 0 Å². The fourth-order valence-electron chi connectivity index (χ4n) is 6.53. The first kappa shape index (κ1) is 38.1. The number of benzene rings is 6. The van der Waals surface area contributed by atoms with Crippen molar-refractivity contribution in [2.45, 2.75) is 24.0 Å². The Bertz CT molecular complexity index is 2080. The van der Waals surface area contributed by atoms with Crippen LogP contribution in [0, 0.1) is 0 Å². The molecule has 53 heavy (non-hydrogen) atoms. The van der Waals surface area contributed by atoms with Crippen LogP contribution in [0.15, 0.2) is 194 Å². The normalized spacial score (nSPS) is 11.2. The molecule has 7 heteroatoms. The van der Waals surface area contributed by atoms with Gasteiger partial charge in [0.25, 0.3) is 0 Å². The molecular weight excluding hydrogens is 731 g/mol. The first-order valence-corrected chi connectivity index (χ1v) is 21.5. The molecule has 0 amide bonds. The number of nitrogens with zero attached hydrogens (tertiary/aromatic N) is 2. The van der Waals surface area contributed by atoms with Crippen molar-refractivity contribution in [3.63, 3.8) is 0 Å². The van der Waals surface area contributed by atoms with Crippen LogP contribution in [-0.4, -0.2) is 20.2 Å². The quantitative estimate of drug-likeness (QED) is 0.151. The maximum absolute atomic E-state index is 11.6. The van der Waals surface area contributed by atoms with Gasteiger partial charge in [0.05, 0.1) is 11.0 Å². The average Bonchev–Trinajstić information content (AvgIpc) is 3.22. The standard InChI is InChI=1S/2C23H19NO.2ClH.Ti/c2*25-23(19-10-3-1-4-11-19,20-12-5-2-6-13-20)17-21-16-15-18-9-7-8-14-22(18)24-21;;;/h2*1-16,25H,17H2;2*1H;/q;;;;+2/p-2. The zero-order valence-electron chi connectivity index (χ0n) is 28.9. The molecule has 0 fully saturated rings. The van der Waals surface area contributed by atoms with Crippen LogP contribution in [0.3, 0.4) is 0 Å². The number of para-hydroxylation sites is 2. The van der Waals surface area contributed by atoms with Gasteiger partial charge in [-0.3, -0.25) is 9.97 Å². The van der Waals surface area contributed by atoms with Gasteiger partial charge in [0.1, 0.15) is 11.2 Å². The summed E-state index contributed by atoms with van der Waals surface area (Å²) in [7, 11) is 9.78. The van der Waals surface area contributed by atoms with Crippen LogP contribution in [-0.2, 0) is 41.1 Å². The van der Waals surface area contributed by atoms with Crippen molar-refractivity contribution in [3.8, 4) is 0 Å². The van der Waals surface area contributed by atoms with E-state index in [2.05, 4.69) is 12.1 Å². The summed E-state index contributed by atoms with van der Waals surface area (Å²) >= 11 is -0.556. The second kappa shape index (κ2) is 18.4. The first-order valence-electron chi connectivity index (χ1n) is 17.3. The van der Waals surface area contributed by atoms with Gasteiger partial charge in [-0.25, -0.2) is 0 Å². The Morgan fingerprint density at radius 1 is 0.377 bits per heavy atom. The van der Waals surface area contributed by atoms with Crippen molar-refractivity contribution in [3.05, 3.63) is 228 Å². The van der Waals surface area contributed by atoms with Crippen LogP contribution < -0.4 is 0 Å². The molecule has 2 heterocycles. The second-order valence-electron chi connectivity index (χ2n) is 12.6. The van der Waals surface area contributed by atoms with Crippen LogP contribution in [0.4, 0.5) is 0 Å². The Labute approximate surface area is 327 Å². The van der Waals surface area contributed by atoms with Gasteiger partial charge in [-0.1, -0.05) is 170 Å². The Hall–Kier alpha value is -4.65. The zero-order valence-corrected chi connectivity index (χ0v) is 32.0. The van der Waals surface area contributed by atoms with E-state index in [1.165, 1.54) is 0 Å². The molecule has 8 aromatic rings. The Morgan fingerprint density at radius 2 is 0.642 bits per heavy atom. The topological polar surface area (TPSA) is 66.2 Å². The second-order valence-corrected chi connectivity index (χ2v) is 15.2. The van der Waals surface area contributed by atoms with Gasteiger partial charge < -0.3 is 10.2 Å². The van der Waals surface area contributed by atoms with Crippen molar-refractivity contribution in [2.75, 3.05) is 0 Å². The van der Waals surface area contributed by atoms with Gasteiger partial charge in [-0.2, -0.15) is 0 Å². The van der Waals surface area contributed by atoms with Crippen molar-refractivity contribution < 1.29 is 27.2 Å². The molecule has 0 bridgehead atoms. The summed E-state index contributed by atoms with van der Waals surface area (Å²) in [6.45, 7) is 0. The molecule has 0 aliphatic carbocycles. The predicted molar refractivity (Wildman–Crippen MR) is 214 cm³/mol. The zero-order chi connectivity index (χ0) is 36.9. The third kappa shape index (κ3) is 9.48. The molecule has 8 rings (SSSR count). The first-order chi connectivity index (χ1) is 25.9.